The van der Waals surface area contributed by atoms with Crippen LogP contribution in [0, 0.1) is 0 Å². The first-order chi connectivity index (χ1) is 9.75. The number of nitrogens with zero attached hydrogens (tertiary/aromatic N) is 1. The first-order valence-electron chi connectivity index (χ1n) is 6.54. The molecule has 0 spiro atoms. The molecule has 0 aromatic heterocycles. The van der Waals surface area contributed by atoms with Crippen LogP contribution in [0.5, 0.6) is 0 Å². The van der Waals surface area contributed by atoms with Crippen molar-refractivity contribution in [3.63, 3.8) is 0 Å². The van der Waals surface area contributed by atoms with E-state index in [2.05, 4.69) is 21.2 Å². The van der Waals surface area contributed by atoms with Crippen molar-refractivity contribution in [1.82, 2.24) is 9.62 Å². The summed E-state index contributed by atoms with van der Waals surface area (Å²) in [6, 6.07) is 5.07. The largest absolute Gasteiger partial charge is 0.398 e. The van der Waals surface area contributed by atoms with E-state index in [1.54, 1.807) is 25.1 Å². The van der Waals surface area contributed by atoms with Gasteiger partial charge >= 0.3 is 0 Å². The molecule has 0 aliphatic heterocycles. The highest BCUT2D eigenvalue weighted by molar-refractivity contribution is 9.10. The van der Waals surface area contributed by atoms with Gasteiger partial charge in [0.25, 0.3) is 5.91 Å². The second kappa shape index (κ2) is 7.77. The molecule has 3 N–H and O–H groups in total. The fourth-order valence-electron chi connectivity index (χ4n) is 1.84. The molecular formula is C13H20BrN3O3S. The van der Waals surface area contributed by atoms with Crippen molar-refractivity contribution < 1.29 is 13.2 Å². The maximum absolute atomic E-state index is 12.0. The Morgan fingerprint density at radius 2 is 2.10 bits per heavy atom. The number of benzene rings is 1. The van der Waals surface area contributed by atoms with Crippen LogP contribution >= 0.6 is 15.9 Å². The second-order valence-corrected chi connectivity index (χ2v) is 7.49. The van der Waals surface area contributed by atoms with Crippen molar-refractivity contribution in [2.24, 2.45) is 0 Å². The number of nitrogens with two attached hydrogens (primary N) is 1. The number of nitrogen functional groups attached to an aromatic ring is 1. The van der Waals surface area contributed by atoms with E-state index in [4.69, 9.17) is 5.73 Å². The molecule has 21 heavy (non-hydrogen) atoms. The number of sulfonamides is 1. The Balaban J connectivity index is 2.49. The Hall–Kier alpha value is -1.12. The summed E-state index contributed by atoms with van der Waals surface area (Å²) in [7, 11) is -3.19. The maximum atomic E-state index is 12.0. The summed E-state index contributed by atoms with van der Waals surface area (Å²) in [5.74, 6) is -0.267. The molecule has 0 aliphatic carbocycles. The normalized spacial score (nSPS) is 11.6. The number of anilines is 1. The van der Waals surface area contributed by atoms with Gasteiger partial charge in [-0.15, -0.1) is 0 Å². The van der Waals surface area contributed by atoms with E-state index in [0.29, 0.717) is 37.3 Å². The monoisotopic (exact) mass is 377 g/mol. The van der Waals surface area contributed by atoms with Gasteiger partial charge in [-0.25, -0.2) is 12.7 Å². The molecule has 0 fully saturated rings. The molecular weight excluding hydrogens is 358 g/mol. The first kappa shape index (κ1) is 17.9. The van der Waals surface area contributed by atoms with Crippen LogP contribution in [0.4, 0.5) is 5.69 Å². The van der Waals surface area contributed by atoms with Crippen LogP contribution < -0.4 is 11.1 Å². The Bertz CT molecular complexity index is 605. The summed E-state index contributed by atoms with van der Waals surface area (Å²) in [6.07, 6.45) is 1.72. The van der Waals surface area contributed by atoms with Gasteiger partial charge < -0.3 is 11.1 Å². The number of nitrogens with one attached hydrogen (secondary N) is 1. The lowest BCUT2D eigenvalue weighted by Crippen LogP contribution is -2.33. The Kier molecular flexibility index (Phi) is 6.63. The van der Waals surface area contributed by atoms with E-state index >= 15 is 0 Å². The molecule has 1 amide bonds. The molecule has 118 valence electrons. The highest BCUT2D eigenvalue weighted by Crippen LogP contribution is 2.18. The third-order valence-electron chi connectivity index (χ3n) is 2.95. The van der Waals surface area contributed by atoms with Crippen molar-refractivity contribution in [3.05, 3.63) is 28.2 Å². The average molecular weight is 378 g/mol. The van der Waals surface area contributed by atoms with Crippen LogP contribution in [0.3, 0.4) is 0 Å². The lowest BCUT2D eigenvalue weighted by molar-refractivity contribution is 0.0953. The third-order valence-corrected chi connectivity index (χ3v) is 4.82. The van der Waals surface area contributed by atoms with E-state index in [9.17, 15) is 13.2 Å². The molecule has 0 radical (unpaired) electrons. The number of carbonyl (C=O) groups is 1. The lowest BCUT2D eigenvalue weighted by Gasteiger charge is -2.17. The zero-order valence-corrected chi connectivity index (χ0v) is 14.5. The van der Waals surface area contributed by atoms with Crippen LogP contribution in [0.2, 0.25) is 0 Å². The molecule has 1 aromatic rings. The minimum Gasteiger partial charge on any atom is -0.398 e. The number of amides is 1. The quantitative estimate of drug-likeness (QED) is 0.555. The standard InChI is InChI=1S/C13H20BrN3O3S/c1-3-17(21(2,19)20)8-4-7-16-13(18)11-9-10(14)5-6-12(11)15/h5-6,9H,3-4,7-8,15H2,1-2H3,(H,16,18). The molecule has 8 heteroatoms. The molecule has 0 saturated carbocycles. The fraction of sp³-hybridized carbons (Fsp3) is 0.462. The van der Waals surface area contributed by atoms with E-state index in [1.807, 2.05) is 0 Å². The fourth-order valence-corrected chi connectivity index (χ4v) is 3.13. The minimum atomic E-state index is -3.19. The van der Waals surface area contributed by atoms with Crippen molar-refractivity contribution in [1.29, 1.82) is 0 Å². The van der Waals surface area contributed by atoms with Crippen LogP contribution in [0.15, 0.2) is 22.7 Å². The molecule has 0 saturated heterocycles. The highest BCUT2D eigenvalue weighted by Gasteiger charge is 2.14. The molecule has 0 aliphatic rings. The van der Waals surface area contributed by atoms with Crippen LogP contribution in [0.25, 0.3) is 0 Å². The SMILES string of the molecule is CCN(CCCNC(=O)c1cc(Br)ccc1N)S(C)(=O)=O. The van der Waals surface area contributed by atoms with Crippen LogP contribution in [-0.4, -0.2) is 44.5 Å². The zero-order chi connectivity index (χ0) is 16.0. The number of hydrogen-bond donors (Lipinski definition) is 2. The summed E-state index contributed by atoms with van der Waals surface area (Å²) in [6.45, 7) is 2.97. The summed E-state index contributed by atoms with van der Waals surface area (Å²) in [5.41, 5.74) is 6.56. The van der Waals surface area contributed by atoms with Crippen molar-refractivity contribution in [2.75, 3.05) is 31.6 Å². The predicted molar refractivity (Wildman–Crippen MR) is 87.6 cm³/mol. The highest BCUT2D eigenvalue weighted by atomic mass is 79.9. The number of hydrogen-bond acceptors (Lipinski definition) is 4. The van der Waals surface area contributed by atoms with E-state index in [1.165, 1.54) is 10.6 Å². The Morgan fingerprint density at radius 3 is 2.67 bits per heavy atom. The first-order valence-corrected chi connectivity index (χ1v) is 9.18. The van der Waals surface area contributed by atoms with Crippen molar-refractivity contribution in [2.45, 2.75) is 13.3 Å². The van der Waals surface area contributed by atoms with Gasteiger partial charge in [-0.1, -0.05) is 22.9 Å². The van der Waals surface area contributed by atoms with Gasteiger partial charge in [-0.3, -0.25) is 4.79 Å². The molecule has 0 heterocycles. The van der Waals surface area contributed by atoms with Crippen LogP contribution in [-0.2, 0) is 10.0 Å². The second-order valence-electron chi connectivity index (χ2n) is 4.60. The molecule has 0 atom stereocenters. The lowest BCUT2D eigenvalue weighted by atomic mass is 10.1. The summed E-state index contributed by atoms with van der Waals surface area (Å²) in [5, 5.41) is 2.74. The molecule has 0 unspecified atom stereocenters. The number of carbonyl (C=O) groups excluding carboxylic acids is 1. The Labute approximate surface area is 133 Å². The van der Waals surface area contributed by atoms with Gasteiger partial charge in [0.1, 0.15) is 0 Å². The zero-order valence-electron chi connectivity index (χ0n) is 12.1. The van der Waals surface area contributed by atoms with E-state index in [0.717, 1.165) is 4.47 Å². The summed E-state index contributed by atoms with van der Waals surface area (Å²) in [4.78, 5) is 12.0. The molecule has 6 nitrogen and oxygen atoms in total. The van der Waals surface area contributed by atoms with Crippen molar-refractivity contribution in [3.8, 4) is 0 Å². The van der Waals surface area contributed by atoms with Crippen molar-refractivity contribution >= 4 is 37.5 Å². The van der Waals surface area contributed by atoms with Gasteiger partial charge in [-0.05, 0) is 24.6 Å². The molecule has 1 aromatic carbocycles. The minimum absolute atomic E-state index is 0.267. The molecule has 0 bridgehead atoms. The predicted octanol–water partition coefficient (Wildman–Crippen LogP) is 1.43. The van der Waals surface area contributed by atoms with Crippen LogP contribution in [0.1, 0.15) is 23.7 Å². The summed E-state index contributed by atoms with van der Waals surface area (Å²) < 4.78 is 25.0. The van der Waals surface area contributed by atoms with Gasteiger partial charge in [0, 0.05) is 29.8 Å². The summed E-state index contributed by atoms with van der Waals surface area (Å²) >= 11 is 3.29. The number of halogens is 1. The average Bonchev–Trinajstić information content (AvgIpc) is 2.39. The van der Waals surface area contributed by atoms with E-state index < -0.39 is 10.0 Å². The number of rotatable bonds is 7. The molecule has 1 rings (SSSR count). The Morgan fingerprint density at radius 1 is 1.43 bits per heavy atom. The topological polar surface area (TPSA) is 92.5 Å². The van der Waals surface area contributed by atoms with Gasteiger partial charge in [0.2, 0.25) is 10.0 Å². The third kappa shape index (κ3) is 5.64. The van der Waals surface area contributed by atoms with E-state index in [-0.39, 0.29) is 5.91 Å². The van der Waals surface area contributed by atoms with Gasteiger partial charge in [0.05, 0.1) is 11.8 Å². The smallest absolute Gasteiger partial charge is 0.253 e. The van der Waals surface area contributed by atoms with Gasteiger partial charge in [0.15, 0.2) is 0 Å². The maximum Gasteiger partial charge on any atom is 0.253 e. The van der Waals surface area contributed by atoms with Gasteiger partial charge in [-0.2, -0.15) is 0 Å².